The summed E-state index contributed by atoms with van der Waals surface area (Å²) < 4.78 is 8.99. The summed E-state index contributed by atoms with van der Waals surface area (Å²) in [4.78, 5) is 0. The number of hydrogen-bond donors (Lipinski definition) is 1. The SMILES string of the molecule is COc1cc(C)c2c(c1)c(Br)c(C1CCCNC1)n2C. The second-order valence-corrected chi connectivity index (χ2v) is 6.43. The lowest BCUT2D eigenvalue weighted by Crippen LogP contribution is -2.29. The molecule has 1 aliphatic heterocycles. The molecule has 3 nitrogen and oxygen atoms in total. The third-order valence-electron chi connectivity index (χ3n) is 4.35. The highest BCUT2D eigenvalue weighted by Gasteiger charge is 2.24. The fourth-order valence-electron chi connectivity index (χ4n) is 3.42. The van der Waals surface area contributed by atoms with Crippen LogP contribution in [0.1, 0.15) is 30.0 Å². The molecule has 0 amide bonds. The maximum Gasteiger partial charge on any atom is 0.119 e. The molecule has 4 heteroatoms. The molecule has 1 N–H and O–H groups in total. The molecule has 1 fully saturated rings. The molecule has 0 saturated carbocycles. The van der Waals surface area contributed by atoms with Gasteiger partial charge < -0.3 is 14.6 Å². The van der Waals surface area contributed by atoms with Crippen molar-refractivity contribution in [1.82, 2.24) is 9.88 Å². The van der Waals surface area contributed by atoms with Crippen molar-refractivity contribution in [2.24, 2.45) is 7.05 Å². The van der Waals surface area contributed by atoms with Crippen LogP contribution in [0.3, 0.4) is 0 Å². The van der Waals surface area contributed by atoms with E-state index in [-0.39, 0.29) is 0 Å². The van der Waals surface area contributed by atoms with Crippen molar-refractivity contribution >= 4 is 26.8 Å². The number of nitrogens with zero attached hydrogens (tertiary/aromatic N) is 1. The van der Waals surface area contributed by atoms with Crippen molar-refractivity contribution in [1.29, 1.82) is 0 Å². The number of ether oxygens (including phenoxy) is 1. The van der Waals surface area contributed by atoms with Crippen LogP contribution in [0, 0.1) is 6.92 Å². The number of aromatic nitrogens is 1. The number of benzene rings is 1. The van der Waals surface area contributed by atoms with Crippen LogP contribution in [0.5, 0.6) is 5.75 Å². The van der Waals surface area contributed by atoms with E-state index in [1.54, 1.807) is 7.11 Å². The lowest BCUT2D eigenvalue weighted by Gasteiger charge is -2.24. The topological polar surface area (TPSA) is 26.2 Å². The Morgan fingerprint density at radius 3 is 2.85 bits per heavy atom. The smallest absolute Gasteiger partial charge is 0.119 e. The zero-order valence-electron chi connectivity index (χ0n) is 12.3. The molecule has 2 heterocycles. The highest BCUT2D eigenvalue weighted by molar-refractivity contribution is 9.10. The molecular weight excluding hydrogens is 316 g/mol. The third-order valence-corrected chi connectivity index (χ3v) is 5.18. The van der Waals surface area contributed by atoms with Gasteiger partial charge in [-0.3, -0.25) is 0 Å². The highest BCUT2D eigenvalue weighted by Crippen LogP contribution is 2.39. The Bertz CT molecular complexity index is 642. The van der Waals surface area contributed by atoms with Crippen molar-refractivity contribution in [3.63, 3.8) is 0 Å². The van der Waals surface area contributed by atoms with Gasteiger partial charge in [0, 0.05) is 35.1 Å². The molecule has 0 aliphatic carbocycles. The second-order valence-electron chi connectivity index (χ2n) is 5.64. The third kappa shape index (κ3) is 2.15. The molecule has 1 unspecified atom stereocenters. The Hall–Kier alpha value is -1.00. The minimum Gasteiger partial charge on any atom is -0.497 e. The van der Waals surface area contributed by atoms with Gasteiger partial charge in [0.1, 0.15) is 5.75 Å². The first-order valence-electron chi connectivity index (χ1n) is 7.16. The minimum absolute atomic E-state index is 0.584. The number of methoxy groups -OCH3 is 1. The predicted molar refractivity (Wildman–Crippen MR) is 86.8 cm³/mol. The number of nitrogens with one attached hydrogen (secondary N) is 1. The van der Waals surface area contributed by atoms with Crippen LogP contribution in [-0.2, 0) is 7.05 Å². The van der Waals surface area contributed by atoms with Crippen LogP contribution in [-0.4, -0.2) is 24.8 Å². The highest BCUT2D eigenvalue weighted by atomic mass is 79.9. The maximum atomic E-state index is 5.41. The maximum absolute atomic E-state index is 5.41. The van der Waals surface area contributed by atoms with E-state index >= 15 is 0 Å². The molecule has 3 rings (SSSR count). The van der Waals surface area contributed by atoms with E-state index in [9.17, 15) is 0 Å². The molecule has 1 aromatic heterocycles. The fraction of sp³-hybridized carbons (Fsp3) is 0.500. The molecule has 108 valence electrons. The standard InChI is InChI=1S/C16H21BrN2O/c1-10-7-12(20-3)8-13-14(17)16(19(2)15(10)13)11-5-4-6-18-9-11/h7-8,11,18H,4-6,9H2,1-3H3. The quantitative estimate of drug-likeness (QED) is 0.904. The first-order valence-corrected chi connectivity index (χ1v) is 7.96. The zero-order valence-corrected chi connectivity index (χ0v) is 13.9. The number of rotatable bonds is 2. The van der Waals surface area contributed by atoms with Gasteiger partial charge in [0.25, 0.3) is 0 Å². The van der Waals surface area contributed by atoms with E-state index in [1.165, 1.54) is 39.5 Å². The van der Waals surface area contributed by atoms with Crippen LogP contribution in [0.15, 0.2) is 16.6 Å². The van der Waals surface area contributed by atoms with Crippen molar-refractivity contribution in [3.8, 4) is 5.75 Å². The summed E-state index contributed by atoms with van der Waals surface area (Å²) in [7, 11) is 3.90. The van der Waals surface area contributed by atoms with Gasteiger partial charge in [0.2, 0.25) is 0 Å². The normalized spacial score (nSPS) is 19.5. The number of hydrogen-bond acceptors (Lipinski definition) is 2. The molecule has 0 radical (unpaired) electrons. The number of halogens is 1. The Labute approximate surface area is 128 Å². The van der Waals surface area contributed by atoms with Crippen molar-refractivity contribution < 1.29 is 4.74 Å². The summed E-state index contributed by atoms with van der Waals surface area (Å²) in [6.45, 7) is 4.37. The Morgan fingerprint density at radius 2 is 2.20 bits per heavy atom. The summed E-state index contributed by atoms with van der Waals surface area (Å²) in [5.74, 6) is 1.51. The van der Waals surface area contributed by atoms with Crippen LogP contribution in [0.25, 0.3) is 10.9 Å². The van der Waals surface area contributed by atoms with Gasteiger partial charge >= 0.3 is 0 Å². The molecule has 1 atom stereocenters. The van der Waals surface area contributed by atoms with Crippen LogP contribution >= 0.6 is 15.9 Å². The van der Waals surface area contributed by atoms with Gasteiger partial charge in [-0.1, -0.05) is 0 Å². The zero-order chi connectivity index (χ0) is 14.3. The number of aryl methyl sites for hydroxylation is 2. The predicted octanol–water partition coefficient (Wildman–Crippen LogP) is 3.72. The van der Waals surface area contributed by atoms with Gasteiger partial charge in [0.15, 0.2) is 0 Å². The lowest BCUT2D eigenvalue weighted by atomic mass is 9.96. The van der Waals surface area contributed by atoms with Gasteiger partial charge in [-0.2, -0.15) is 0 Å². The fourth-order valence-corrected chi connectivity index (χ4v) is 4.31. The molecular formula is C16H21BrN2O. The Kier molecular flexibility index (Phi) is 3.78. The molecule has 1 saturated heterocycles. The summed E-state index contributed by atoms with van der Waals surface area (Å²) in [5, 5.41) is 4.76. The Morgan fingerprint density at radius 1 is 1.40 bits per heavy atom. The second kappa shape index (κ2) is 5.41. The van der Waals surface area contributed by atoms with Gasteiger partial charge in [-0.25, -0.2) is 0 Å². The van der Waals surface area contributed by atoms with Crippen LogP contribution in [0.4, 0.5) is 0 Å². The molecule has 1 aromatic carbocycles. The molecule has 2 aromatic rings. The van der Waals surface area contributed by atoms with E-state index in [1.807, 2.05) is 0 Å². The Balaban J connectivity index is 2.20. The molecule has 0 bridgehead atoms. The van der Waals surface area contributed by atoms with Crippen LogP contribution in [0.2, 0.25) is 0 Å². The largest absolute Gasteiger partial charge is 0.497 e. The monoisotopic (exact) mass is 336 g/mol. The van der Waals surface area contributed by atoms with E-state index < -0.39 is 0 Å². The van der Waals surface area contributed by atoms with Gasteiger partial charge in [0.05, 0.1) is 12.6 Å². The van der Waals surface area contributed by atoms with E-state index in [2.05, 4.69) is 51.9 Å². The van der Waals surface area contributed by atoms with Crippen molar-refractivity contribution in [3.05, 3.63) is 27.9 Å². The summed E-state index contributed by atoms with van der Waals surface area (Å²) in [6.07, 6.45) is 2.51. The first-order chi connectivity index (χ1) is 9.63. The van der Waals surface area contributed by atoms with E-state index in [0.717, 1.165) is 18.8 Å². The molecule has 1 aliphatic rings. The summed E-state index contributed by atoms with van der Waals surface area (Å²) in [6, 6.07) is 4.24. The summed E-state index contributed by atoms with van der Waals surface area (Å²) >= 11 is 3.83. The van der Waals surface area contributed by atoms with Crippen molar-refractivity contribution in [2.45, 2.75) is 25.7 Å². The molecule has 20 heavy (non-hydrogen) atoms. The average Bonchev–Trinajstić information content (AvgIpc) is 2.72. The minimum atomic E-state index is 0.584. The van der Waals surface area contributed by atoms with Gasteiger partial charge in [-0.15, -0.1) is 0 Å². The van der Waals surface area contributed by atoms with E-state index in [0.29, 0.717) is 5.92 Å². The van der Waals surface area contributed by atoms with E-state index in [4.69, 9.17) is 4.74 Å². The van der Waals surface area contributed by atoms with Crippen LogP contribution < -0.4 is 10.1 Å². The summed E-state index contributed by atoms with van der Waals surface area (Å²) in [5.41, 5.74) is 3.97. The first kappa shape index (κ1) is 14.0. The number of piperidine rings is 1. The van der Waals surface area contributed by atoms with Crippen molar-refractivity contribution in [2.75, 3.05) is 20.2 Å². The van der Waals surface area contributed by atoms with Gasteiger partial charge in [-0.05, 0) is 59.9 Å². The average molecular weight is 337 g/mol. The lowest BCUT2D eigenvalue weighted by molar-refractivity contribution is 0.415. The molecule has 0 spiro atoms. The number of fused-ring (bicyclic) bond motifs is 1.